The maximum Gasteiger partial charge on any atom is 0.387 e. The Bertz CT molecular complexity index is 567. The molecule has 0 aliphatic heterocycles. The lowest BCUT2D eigenvalue weighted by Gasteiger charge is -2.21. The summed E-state index contributed by atoms with van der Waals surface area (Å²) in [6.07, 6.45) is 0. The number of alkyl halides is 2. The Morgan fingerprint density at radius 3 is 2.42 bits per heavy atom. The van der Waals surface area contributed by atoms with E-state index >= 15 is 0 Å². The fraction of sp³-hybridized carbons (Fsp3) is 0.467. The lowest BCUT2D eigenvalue weighted by molar-refractivity contribution is -0.141. The molecule has 0 atom stereocenters. The van der Waals surface area contributed by atoms with Gasteiger partial charge in [0.25, 0.3) is 5.91 Å². The zero-order valence-corrected chi connectivity index (χ0v) is 13.6. The van der Waals surface area contributed by atoms with Crippen LogP contribution in [-0.4, -0.2) is 64.4 Å². The molecule has 1 rings (SSSR count). The molecule has 0 radical (unpaired) electrons. The first-order chi connectivity index (χ1) is 11.4. The van der Waals surface area contributed by atoms with Crippen LogP contribution >= 0.6 is 0 Å². The highest BCUT2D eigenvalue weighted by molar-refractivity contribution is 5.96. The van der Waals surface area contributed by atoms with Crippen molar-refractivity contribution in [2.75, 3.05) is 41.0 Å². The quantitative estimate of drug-likeness (QED) is 0.631. The monoisotopic (exact) mass is 347 g/mol. The molecular weight excluding hydrogens is 328 g/mol. The van der Waals surface area contributed by atoms with Crippen LogP contribution in [0.4, 0.5) is 8.78 Å². The predicted molar refractivity (Wildman–Crippen MR) is 79.4 cm³/mol. The largest absolute Gasteiger partial charge is 0.493 e. The molecule has 0 bridgehead atoms. The van der Waals surface area contributed by atoms with Gasteiger partial charge in [0.1, 0.15) is 6.54 Å². The highest BCUT2D eigenvalue weighted by Gasteiger charge is 2.21. The third kappa shape index (κ3) is 5.65. The van der Waals surface area contributed by atoms with Crippen molar-refractivity contribution in [1.82, 2.24) is 4.90 Å². The van der Waals surface area contributed by atoms with E-state index in [1.54, 1.807) is 0 Å². The summed E-state index contributed by atoms with van der Waals surface area (Å²) >= 11 is 0. The van der Waals surface area contributed by atoms with Crippen LogP contribution in [0, 0.1) is 0 Å². The summed E-state index contributed by atoms with van der Waals surface area (Å²) in [5, 5.41) is 0. The molecule has 1 aromatic carbocycles. The van der Waals surface area contributed by atoms with Gasteiger partial charge in [0.15, 0.2) is 11.5 Å². The van der Waals surface area contributed by atoms with E-state index in [1.807, 2.05) is 0 Å². The number of carbonyl (C=O) groups is 2. The first-order valence-corrected chi connectivity index (χ1v) is 6.90. The molecule has 0 spiro atoms. The molecule has 7 nitrogen and oxygen atoms in total. The van der Waals surface area contributed by atoms with Gasteiger partial charge in [-0.25, -0.2) is 0 Å². The summed E-state index contributed by atoms with van der Waals surface area (Å²) in [4.78, 5) is 25.2. The molecule has 0 fully saturated rings. The second-order valence-corrected chi connectivity index (χ2v) is 4.54. The van der Waals surface area contributed by atoms with E-state index < -0.39 is 18.5 Å². The zero-order valence-electron chi connectivity index (χ0n) is 13.6. The van der Waals surface area contributed by atoms with Crippen LogP contribution in [0.15, 0.2) is 18.2 Å². The van der Waals surface area contributed by atoms with Crippen molar-refractivity contribution in [3.05, 3.63) is 23.8 Å². The normalized spacial score (nSPS) is 10.4. The number of ether oxygens (including phenoxy) is 4. The van der Waals surface area contributed by atoms with Gasteiger partial charge in [0.05, 0.1) is 20.8 Å². The summed E-state index contributed by atoms with van der Waals surface area (Å²) in [7, 11) is 3.93. The van der Waals surface area contributed by atoms with Crippen LogP contribution in [-0.2, 0) is 14.3 Å². The minimum Gasteiger partial charge on any atom is -0.493 e. The number of esters is 1. The Balaban J connectivity index is 3.02. The van der Waals surface area contributed by atoms with Crippen LogP contribution in [0.5, 0.6) is 11.5 Å². The van der Waals surface area contributed by atoms with Gasteiger partial charge in [-0.3, -0.25) is 9.59 Å². The molecule has 0 saturated carbocycles. The van der Waals surface area contributed by atoms with Crippen molar-refractivity contribution in [2.45, 2.75) is 6.61 Å². The molecule has 134 valence electrons. The molecule has 0 aliphatic carbocycles. The highest BCUT2D eigenvalue weighted by atomic mass is 19.3. The fourth-order valence-corrected chi connectivity index (χ4v) is 1.85. The van der Waals surface area contributed by atoms with Crippen LogP contribution in [0.1, 0.15) is 10.4 Å². The van der Waals surface area contributed by atoms with Gasteiger partial charge in [-0.05, 0) is 18.2 Å². The van der Waals surface area contributed by atoms with Gasteiger partial charge < -0.3 is 23.8 Å². The maximum absolute atomic E-state index is 12.5. The minimum absolute atomic E-state index is 0.0223. The first kappa shape index (κ1) is 19.6. The maximum atomic E-state index is 12.5. The Morgan fingerprint density at radius 2 is 1.88 bits per heavy atom. The van der Waals surface area contributed by atoms with Crippen molar-refractivity contribution in [2.24, 2.45) is 0 Å². The van der Waals surface area contributed by atoms with Crippen molar-refractivity contribution >= 4 is 11.9 Å². The van der Waals surface area contributed by atoms with Gasteiger partial charge in [0, 0.05) is 19.2 Å². The van der Waals surface area contributed by atoms with E-state index in [1.165, 1.54) is 44.4 Å². The second kappa shape index (κ2) is 9.66. The number of carbonyl (C=O) groups excluding carboxylic acids is 2. The van der Waals surface area contributed by atoms with Gasteiger partial charge >= 0.3 is 12.6 Å². The summed E-state index contributed by atoms with van der Waals surface area (Å²) in [5.74, 6) is -1.31. The topological polar surface area (TPSA) is 74.3 Å². The molecule has 9 heteroatoms. The first-order valence-electron chi connectivity index (χ1n) is 6.90. The third-order valence-electron chi connectivity index (χ3n) is 3.03. The summed E-state index contributed by atoms with van der Waals surface area (Å²) < 4.78 is 43.4. The fourth-order valence-electron chi connectivity index (χ4n) is 1.85. The number of methoxy groups -OCH3 is 3. The van der Waals surface area contributed by atoms with E-state index in [2.05, 4.69) is 9.47 Å². The minimum atomic E-state index is -3.02. The Labute approximate surface area is 138 Å². The summed E-state index contributed by atoms with van der Waals surface area (Å²) in [5.41, 5.74) is 0.147. The molecule has 0 aromatic heterocycles. The number of rotatable bonds is 9. The predicted octanol–water partition coefficient (Wildman–Crippen LogP) is 1.56. The SMILES string of the molecule is COCCN(CC(=O)OC)C(=O)c1ccc(OC(F)F)c(OC)c1. The smallest absolute Gasteiger partial charge is 0.387 e. The van der Waals surface area contributed by atoms with Crippen molar-refractivity contribution in [1.29, 1.82) is 0 Å². The van der Waals surface area contributed by atoms with Crippen LogP contribution in [0.25, 0.3) is 0 Å². The van der Waals surface area contributed by atoms with Gasteiger partial charge in [-0.15, -0.1) is 0 Å². The van der Waals surface area contributed by atoms with Gasteiger partial charge in [-0.2, -0.15) is 8.78 Å². The molecule has 1 aromatic rings. The average molecular weight is 347 g/mol. The lowest BCUT2D eigenvalue weighted by Crippen LogP contribution is -2.38. The van der Waals surface area contributed by atoms with Crippen LogP contribution in [0.2, 0.25) is 0 Å². The second-order valence-electron chi connectivity index (χ2n) is 4.54. The zero-order chi connectivity index (χ0) is 18.1. The third-order valence-corrected chi connectivity index (χ3v) is 3.03. The van der Waals surface area contributed by atoms with E-state index in [4.69, 9.17) is 9.47 Å². The van der Waals surface area contributed by atoms with Gasteiger partial charge in [0.2, 0.25) is 0 Å². The highest BCUT2D eigenvalue weighted by Crippen LogP contribution is 2.29. The van der Waals surface area contributed by atoms with Crippen molar-refractivity contribution < 1.29 is 37.3 Å². The number of hydrogen-bond donors (Lipinski definition) is 0. The molecule has 0 heterocycles. The van der Waals surface area contributed by atoms with Crippen molar-refractivity contribution in [3.63, 3.8) is 0 Å². The number of amides is 1. The molecular formula is C15H19F2NO6. The summed E-state index contributed by atoms with van der Waals surface area (Å²) in [6.45, 7) is -2.91. The Hall–Kier alpha value is -2.42. The Morgan fingerprint density at radius 1 is 1.17 bits per heavy atom. The number of halogens is 2. The number of benzene rings is 1. The molecule has 24 heavy (non-hydrogen) atoms. The summed E-state index contributed by atoms with van der Waals surface area (Å²) in [6, 6.07) is 3.77. The van der Waals surface area contributed by atoms with E-state index in [0.29, 0.717) is 0 Å². The standard InChI is InChI=1S/C15H19F2NO6/c1-21-7-6-18(9-13(19)23-3)14(20)10-4-5-11(24-15(16)17)12(8-10)22-2/h4-5,8,15H,6-7,9H2,1-3H3. The number of hydrogen-bond acceptors (Lipinski definition) is 6. The number of nitrogens with zero attached hydrogens (tertiary/aromatic N) is 1. The van der Waals surface area contributed by atoms with E-state index in [9.17, 15) is 18.4 Å². The molecule has 0 N–H and O–H groups in total. The van der Waals surface area contributed by atoms with Crippen molar-refractivity contribution in [3.8, 4) is 11.5 Å². The van der Waals surface area contributed by atoms with E-state index in [-0.39, 0.29) is 36.8 Å². The molecule has 0 unspecified atom stereocenters. The lowest BCUT2D eigenvalue weighted by atomic mass is 10.1. The molecule has 1 amide bonds. The van der Waals surface area contributed by atoms with Gasteiger partial charge in [-0.1, -0.05) is 0 Å². The molecule has 0 saturated heterocycles. The average Bonchev–Trinajstić information content (AvgIpc) is 2.57. The Kier molecular flexibility index (Phi) is 7.90. The van der Waals surface area contributed by atoms with E-state index in [0.717, 1.165) is 0 Å². The van der Waals surface area contributed by atoms with Crippen LogP contribution < -0.4 is 9.47 Å². The molecule has 0 aliphatic rings. The van der Waals surface area contributed by atoms with Crippen LogP contribution in [0.3, 0.4) is 0 Å².